The smallest absolute Gasteiger partial charge is 0.234 e. The number of aromatic amines is 1. The van der Waals surface area contributed by atoms with Crippen molar-refractivity contribution in [3.05, 3.63) is 30.1 Å². The van der Waals surface area contributed by atoms with E-state index in [2.05, 4.69) is 20.5 Å². The van der Waals surface area contributed by atoms with Crippen LogP contribution in [0.25, 0.3) is 0 Å². The Morgan fingerprint density at radius 3 is 3.11 bits per heavy atom. The molecule has 0 spiro atoms. The van der Waals surface area contributed by atoms with E-state index in [9.17, 15) is 4.79 Å². The molecule has 0 unspecified atom stereocenters. The van der Waals surface area contributed by atoms with Gasteiger partial charge < -0.3 is 11.1 Å². The van der Waals surface area contributed by atoms with Gasteiger partial charge in [-0.1, -0.05) is 17.8 Å². The number of carbonyl (C=O) groups is 1. The zero-order valence-corrected chi connectivity index (χ0v) is 10.6. The Morgan fingerprint density at radius 1 is 1.56 bits per heavy atom. The molecular formula is C11H13N5OS. The minimum absolute atomic E-state index is 0.106. The van der Waals surface area contributed by atoms with Crippen LogP contribution in [0.4, 0.5) is 11.4 Å². The predicted molar refractivity (Wildman–Crippen MR) is 71.3 cm³/mol. The first-order chi connectivity index (χ1) is 8.66. The van der Waals surface area contributed by atoms with E-state index < -0.39 is 0 Å². The van der Waals surface area contributed by atoms with Crippen molar-refractivity contribution in [1.82, 2.24) is 15.2 Å². The van der Waals surface area contributed by atoms with Crippen LogP contribution in [0.2, 0.25) is 0 Å². The number of rotatable bonds is 4. The van der Waals surface area contributed by atoms with Crippen molar-refractivity contribution < 1.29 is 4.79 Å². The molecule has 2 rings (SSSR count). The van der Waals surface area contributed by atoms with E-state index in [4.69, 9.17) is 5.73 Å². The largest absolute Gasteiger partial charge is 0.398 e. The van der Waals surface area contributed by atoms with Gasteiger partial charge in [0.15, 0.2) is 5.16 Å². The van der Waals surface area contributed by atoms with Gasteiger partial charge in [0.2, 0.25) is 5.91 Å². The molecule has 18 heavy (non-hydrogen) atoms. The molecule has 0 fully saturated rings. The summed E-state index contributed by atoms with van der Waals surface area (Å²) in [5.41, 5.74) is 8.04. The van der Waals surface area contributed by atoms with Crippen molar-refractivity contribution in [3.63, 3.8) is 0 Å². The number of aromatic nitrogens is 3. The maximum atomic E-state index is 11.7. The van der Waals surface area contributed by atoms with Gasteiger partial charge in [0, 0.05) is 11.4 Å². The summed E-state index contributed by atoms with van der Waals surface area (Å²) < 4.78 is 0. The normalized spacial score (nSPS) is 10.3. The molecule has 0 atom stereocenters. The van der Waals surface area contributed by atoms with E-state index in [1.807, 2.05) is 19.1 Å². The number of nitrogens with zero attached hydrogens (tertiary/aromatic N) is 2. The molecule has 0 aliphatic heterocycles. The summed E-state index contributed by atoms with van der Waals surface area (Å²) in [6.07, 6.45) is 1.41. The zero-order valence-electron chi connectivity index (χ0n) is 9.80. The number of H-pyrrole nitrogens is 1. The summed E-state index contributed by atoms with van der Waals surface area (Å²) in [6.45, 7) is 1.87. The third-order valence-electron chi connectivity index (χ3n) is 2.38. The fraction of sp³-hybridized carbons (Fsp3) is 0.182. The first-order valence-electron chi connectivity index (χ1n) is 5.30. The Kier molecular flexibility index (Phi) is 3.83. The molecule has 1 aromatic heterocycles. The summed E-state index contributed by atoms with van der Waals surface area (Å²) in [6, 6.07) is 5.43. The third-order valence-corrected chi connectivity index (χ3v) is 3.26. The van der Waals surface area contributed by atoms with Crippen LogP contribution in [0, 0.1) is 6.92 Å². The number of carbonyl (C=O) groups excluding carboxylic acids is 1. The Balaban J connectivity index is 1.93. The topological polar surface area (TPSA) is 96.7 Å². The maximum absolute atomic E-state index is 11.7. The Bertz CT molecular complexity index is 540. The van der Waals surface area contributed by atoms with Gasteiger partial charge in [-0.05, 0) is 24.6 Å². The lowest BCUT2D eigenvalue weighted by Crippen LogP contribution is -2.15. The summed E-state index contributed by atoms with van der Waals surface area (Å²) in [7, 11) is 0. The zero-order chi connectivity index (χ0) is 13.0. The van der Waals surface area contributed by atoms with E-state index in [1.54, 1.807) is 6.07 Å². The van der Waals surface area contributed by atoms with Crippen molar-refractivity contribution >= 4 is 29.0 Å². The molecule has 0 bridgehead atoms. The molecule has 0 saturated heterocycles. The van der Waals surface area contributed by atoms with Gasteiger partial charge in [-0.2, -0.15) is 5.10 Å². The average Bonchev–Trinajstić information content (AvgIpc) is 2.86. The summed E-state index contributed by atoms with van der Waals surface area (Å²) in [4.78, 5) is 15.7. The standard InChI is InChI=1S/C11H13N5OS/c1-7-8(12)3-2-4-9(7)15-10(17)5-18-11-13-6-14-16-11/h2-4,6H,5,12H2,1H3,(H,15,17)(H,13,14,16). The minimum atomic E-state index is -0.106. The molecule has 0 aliphatic rings. The number of hydrogen-bond acceptors (Lipinski definition) is 5. The first kappa shape index (κ1) is 12.4. The second-order valence-corrected chi connectivity index (χ2v) is 4.61. The average molecular weight is 263 g/mol. The number of hydrogen-bond donors (Lipinski definition) is 3. The number of nitrogens with one attached hydrogen (secondary N) is 2. The molecular weight excluding hydrogens is 250 g/mol. The molecule has 7 heteroatoms. The van der Waals surface area contributed by atoms with Gasteiger partial charge in [-0.25, -0.2) is 4.98 Å². The van der Waals surface area contributed by atoms with Crippen LogP contribution in [-0.2, 0) is 4.79 Å². The molecule has 2 aromatic rings. The molecule has 4 N–H and O–H groups in total. The van der Waals surface area contributed by atoms with Gasteiger partial charge in [0.25, 0.3) is 0 Å². The molecule has 0 saturated carbocycles. The third kappa shape index (κ3) is 3.01. The SMILES string of the molecule is Cc1c(N)cccc1NC(=O)CSc1ncn[nH]1. The predicted octanol–water partition coefficient (Wildman–Crippen LogP) is 1.43. The lowest BCUT2D eigenvalue weighted by molar-refractivity contribution is -0.113. The number of thioether (sulfide) groups is 1. The number of anilines is 2. The van der Waals surface area contributed by atoms with Crippen LogP contribution < -0.4 is 11.1 Å². The number of nitrogen functional groups attached to an aromatic ring is 1. The molecule has 0 radical (unpaired) electrons. The minimum Gasteiger partial charge on any atom is -0.398 e. The Labute approximate surface area is 108 Å². The van der Waals surface area contributed by atoms with Crippen LogP contribution in [-0.4, -0.2) is 26.8 Å². The van der Waals surface area contributed by atoms with Gasteiger partial charge in [-0.15, -0.1) is 0 Å². The molecule has 94 valence electrons. The molecule has 1 aromatic carbocycles. The van der Waals surface area contributed by atoms with Gasteiger partial charge in [-0.3, -0.25) is 9.89 Å². The van der Waals surface area contributed by atoms with Gasteiger partial charge in [0.1, 0.15) is 6.33 Å². The number of amides is 1. The molecule has 6 nitrogen and oxygen atoms in total. The highest BCUT2D eigenvalue weighted by molar-refractivity contribution is 7.99. The highest BCUT2D eigenvalue weighted by atomic mass is 32.2. The van der Waals surface area contributed by atoms with E-state index in [-0.39, 0.29) is 11.7 Å². The van der Waals surface area contributed by atoms with Gasteiger partial charge >= 0.3 is 0 Å². The highest BCUT2D eigenvalue weighted by Crippen LogP contribution is 2.21. The Hall–Kier alpha value is -2.02. The van der Waals surface area contributed by atoms with Crippen LogP contribution in [0.1, 0.15) is 5.56 Å². The lowest BCUT2D eigenvalue weighted by atomic mass is 10.1. The Morgan fingerprint density at radius 2 is 2.39 bits per heavy atom. The molecule has 1 amide bonds. The van der Waals surface area contributed by atoms with Crippen molar-refractivity contribution in [2.75, 3.05) is 16.8 Å². The van der Waals surface area contributed by atoms with E-state index >= 15 is 0 Å². The van der Waals surface area contributed by atoms with Crippen LogP contribution in [0.15, 0.2) is 29.7 Å². The summed E-state index contributed by atoms with van der Waals surface area (Å²) >= 11 is 1.29. The monoisotopic (exact) mass is 263 g/mol. The number of nitrogens with two attached hydrogens (primary N) is 1. The van der Waals surface area contributed by atoms with Crippen molar-refractivity contribution in [2.45, 2.75) is 12.1 Å². The van der Waals surface area contributed by atoms with E-state index in [0.29, 0.717) is 10.8 Å². The quantitative estimate of drug-likeness (QED) is 0.572. The van der Waals surface area contributed by atoms with Crippen molar-refractivity contribution in [3.8, 4) is 0 Å². The first-order valence-corrected chi connectivity index (χ1v) is 6.28. The highest BCUT2D eigenvalue weighted by Gasteiger charge is 2.07. The van der Waals surface area contributed by atoms with E-state index in [1.165, 1.54) is 18.1 Å². The summed E-state index contributed by atoms with van der Waals surface area (Å²) in [5.74, 6) is 0.161. The fourth-order valence-electron chi connectivity index (χ4n) is 1.37. The second kappa shape index (κ2) is 5.54. The molecule has 1 heterocycles. The maximum Gasteiger partial charge on any atom is 0.234 e. The second-order valence-electron chi connectivity index (χ2n) is 3.65. The fourth-order valence-corrected chi connectivity index (χ4v) is 1.95. The van der Waals surface area contributed by atoms with Crippen LogP contribution in [0.3, 0.4) is 0 Å². The van der Waals surface area contributed by atoms with Crippen molar-refractivity contribution in [1.29, 1.82) is 0 Å². The van der Waals surface area contributed by atoms with Crippen molar-refractivity contribution in [2.24, 2.45) is 0 Å². The molecule has 0 aliphatic carbocycles. The van der Waals surface area contributed by atoms with Crippen LogP contribution in [0.5, 0.6) is 0 Å². The van der Waals surface area contributed by atoms with Gasteiger partial charge in [0.05, 0.1) is 5.75 Å². The summed E-state index contributed by atoms with van der Waals surface area (Å²) in [5, 5.41) is 9.81. The van der Waals surface area contributed by atoms with Crippen LogP contribution >= 0.6 is 11.8 Å². The lowest BCUT2D eigenvalue weighted by Gasteiger charge is -2.09. The van der Waals surface area contributed by atoms with E-state index in [0.717, 1.165) is 11.3 Å². The number of benzene rings is 1.